The molecule has 1 unspecified atom stereocenters. The summed E-state index contributed by atoms with van der Waals surface area (Å²) in [6.07, 6.45) is 0.152. The zero-order chi connectivity index (χ0) is 22.2. The van der Waals surface area contributed by atoms with Crippen LogP contribution in [0.5, 0.6) is 11.5 Å². The fraction of sp³-hybridized carbons (Fsp3) is 0.280. The first-order valence-corrected chi connectivity index (χ1v) is 11.6. The van der Waals surface area contributed by atoms with E-state index in [0.29, 0.717) is 6.42 Å². The highest BCUT2D eigenvalue weighted by molar-refractivity contribution is 7.86. The minimum atomic E-state index is -3.85. The fourth-order valence-corrected chi connectivity index (χ4v) is 4.91. The van der Waals surface area contributed by atoms with Crippen molar-refractivity contribution in [3.8, 4) is 22.6 Å². The number of methoxy groups -OCH3 is 1. The van der Waals surface area contributed by atoms with E-state index in [9.17, 15) is 8.42 Å². The molecule has 5 nitrogen and oxygen atoms in total. The molecule has 0 spiro atoms. The van der Waals surface area contributed by atoms with Gasteiger partial charge in [-0.05, 0) is 61.7 Å². The Hall–Kier alpha value is -2.83. The Balaban J connectivity index is 1.59. The molecule has 0 bridgehead atoms. The summed E-state index contributed by atoms with van der Waals surface area (Å²) >= 11 is 0. The van der Waals surface area contributed by atoms with Gasteiger partial charge in [-0.25, -0.2) is 0 Å². The van der Waals surface area contributed by atoms with Gasteiger partial charge in [-0.2, -0.15) is 8.42 Å². The standard InChI is InChI=1S/C25H26O5S/c1-16-8-10-22(11-9-16)31(26,27)29-15-21-13-19-12-20(28-4)14-23(25(19)30-21)24-17(2)6-5-7-18(24)3/h5-12,14,21H,13,15H2,1-4H3. The number of fused-ring (bicyclic) bond motifs is 1. The molecule has 0 amide bonds. The lowest BCUT2D eigenvalue weighted by atomic mass is 9.93. The molecule has 0 aromatic heterocycles. The van der Waals surface area contributed by atoms with Crippen LogP contribution in [0.1, 0.15) is 22.3 Å². The van der Waals surface area contributed by atoms with E-state index in [2.05, 4.69) is 26.0 Å². The molecule has 1 heterocycles. The van der Waals surface area contributed by atoms with Crippen LogP contribution in [0.15, 0.2) is 59.5 Å². The van der Waals surface area contributed by atoms with Gasteiger partial charge in [0.1, 0.15) is 24.2 Å². The van der Waals surface area contributed by atoms with Crippen LogP contribution in [-0.4, -0.2) is 28.2 Å². The monoisotopic (exact) mass is 438 g/mol. The minimum absolute atomic E-state index is 0.0562. The van der Waals surface area contributed by atoms with Crippen LogP contribution in [0.4, 0.5) is 0 Å². The van der Waals surface area contributed by atoms with E-state index in [1.165, 1.54) is 0 Å². The van der Waals surface area contributed by atoms with Gasteiger partial charge in [0, 0.05) is 17.5 Å². The third-order valence-corrected chi connectivity index (χ3v) is 6.87. The molecule has 1 atom stereocenters. The predicted octanol–water partition coefficient (Wildman–Crippen LogP) is 5.00. The van der Waals surface area contributed by atoms with Crippen LogP contribution in [0.25, 0.3) is 11.1 Å². The fourth-order valence-electron chi connectivity index (χ4n) is 3.98. The van der Waals surface area contributed by atoms with E-state index >= 15 is 0 Å². The van der Waals surface area contributed by atoms with Crippen LogP contribution < -0.4 is 9.47 Å². The molecule has 31 heavy (non-hydrogen) atoms. The van der Waals surface area contributed by atoms with Gasteiger partial charge in [0.05, 0.1) is 12.0 Å². The molecule has 1 aliphatic heterocycles. The van der Waals surface area contributed by atoms with Crippen LogP contribution >= 0.6 is 0 Å². The van der Waals surface area contributed by atoms with E-state index < -0.39 is 16.2 Å². The summed E-state index contributed by atoms with van der Waals surface area (Å²) in [7, 11) is -2.21. The summed E-state index contributed by atoms with van der Waals surface area (Å²) in [6, 6.07) is 16.7. The Labute approximate surface area is 183 Å². The van der Waals surface area contributed by atoms with Crippen molar-refractivity contribution in [1.29, 1.82) is 0 Å². The Bertz CT molecular complexity index is 1190. The normalized spacial score (nSPS) is 15.4. The smallest absolute Gasteiger partial charge is 0.297 e. The molecule has 0 radical (unpaired) electrons. The number of rotatable bonds is 6. The number of aryl methyl sites for hydroxylation is 3. The van der Waals surface area contributed by atoms with Crippen LogP contribution in [0.2, 0.25) is 0 Å². The van der Waals surface area contributed by atoms with Crippen molar-refractivity contribution in [2.24, 2.45) is 0 Å². The molecule has 3 aromatic carbocycles. The summed E-state index contributed by atoms with van der Waals surface area (Å²) in [6.45, 7) is 5.98. The van der Waals surface area contributed by atoms with Crippen LogP contribution in [0.3, 0.4) is 0 Å². The van der Waals surface area contributed by atoms with Crippen molar-refractivity contribution in [1.82, 2.24) is 0 Å². The number of hydrogen-bond acceptors (Lipinski definition) is 5. The molecular formula is C25H26O5S. The van der Waals surface area contributed by atoms with Crippen molar-refractivity contribution < 1.29 is 22.1 Å². The molecule has 0 N–H and O–H groups in total. The molecule has 0 aliphatic carbocycles. The predicted molar refractivity (Wildman–Crippen MR) is 120 cm³/mol. The van der Waals surface area contributed by atoms with Gasteiger partial charge in [0.2, 0.25) is 0 Å². The summed E-state index contributed by atoms with van der Waals surface area (Å²) in [5.41, 5.74) is 6.31. The molecule has 0 saturated heterocycles. The Kier molecular flexibility index (Phi) is 5.77. The zero-order valence-corrected chi connectivity index (χ0v) is 19.0. The summed E-state index contributed by atoms with van der Waals surface area (Å²) in [5, 5.41) is 0. The lowest BCUT2D eigenvalue weighted by Gasteiger charge is -2.16. The van der Waals surface area contributed by atoms with Crippen molar-refractivity contribution in [3.05, 3.63) is 76.9 Å². The number of ether oxygens (including phenoxy) is 2. The topological polar surface area (TPSA) is 61.8 Å². The van der Waals surface area contributed by atoms with Crippen molar-refractivity contribution in [2.45, 2.75) is 38.2 Å². The van der Waals surface area contributed by atoms with Gasteiger partial charge in [-0.15, -0.1) is 0 Å². The average molecular weight is 439 g/mol. The highest BCUT2D eigenvalue weighted by Crippen LogP contribution is 2.44. The Morgan fingerprint density at radius 3 is 2.32 bits per heavy atom. The summed E-state index contributed by atoms with van der Waals surface area (Å²) in [5.74, 6) is 1.51. The maximum absolute atomic E-state index is 12.6. The summed E-state index contributed by atoms with van der Waals surface area (Å²) in [4.78, 5) is 0.145. The quantitative estimate of drug-likeness (QED) is 0.507. The van der Waals surface area contributed by atoms with Gasteiger partial charge in [-0.1, -0.05) is 35.9 Å². The lowest BCUT2D eigenvalue weighted by Crippen LogP contribution is -2.23. The second-order valence-electron chi connectivity index (χ2n) is 7.93. The molecule has 1 aliphatic rings. The van der Waals surface area contributed by atoms with E-state index in [4.69, 9.17) is 13.7 Å². The van der Waals surface area contributed by atoms with E-state index in [1.54, 1.807) is 31.4 Å². The third-order valence-electron chi connectivity index (χ3n) is 5.58. The largest absolute Gasteiger partial charge is 0.497 e. The number of benzene rings is 3. The first kappa shape index (κ1) is 21.4. The molecule has 4 rings (SSSR count). The van der Waals surface area contributed by atoms with Gasteiger partial charge < -0.3 is 9.47 Å². The summed E-state index contributed by atoms with van der Waals surface area (Å²) < 4.78 is 42.2. The van der Waals surface area contributed by atoms with Gasteiger partial charge >= 0.3 is 0 Å². The number of hydrogen-bond donors (Lipinski definition) is 0. The molecule has 3 aromatic rings. The highest BCUT2D eigenvalue weighted by atomic mass is 32.2. The van der Waals surface area contributed by atoms with Crippen LogP contribution in [0, 0.1) is 20.8 Å². The van der Waals surface area contributed by atoms with Gasteiger partial charge in [0.15, 0.2) is 0 Å². The third kappa shape index (κ3) is 4.31. The molecule has 0 fully saturated rings. The Morgan fingerprint density at radius 1 is 1.00 bits per heavy atom. The van der Waals surface area contributed by atoms with Gasteiger partial charge in [0.25, 0.3) is 10.1 Å². The average Bonchev–Trinajstić information content (AvgIpc) is 3.15. The van der Waals surface area contributed by atoms with Gasteiger partial charge in [-0.3, -0.25) is 4.18 Å². The molecule has 6 heteroatoms. The molecular weight excluding hydrogens is 412 g/mol. The SMILES string of the molecule is COc1cc2c(c(-c3c(C)cccc3C)c1)OC(COS(=O)(=O)c1ccc(C)cc1)C2. The lowest BCUT2D eigenvalue weighted by molar-refractivity contribution is 0.152. The van der Waals surface area contributed by atoms with E-state index in [0.717, 1.165) is 44.9 Å². The maximum Gasteiger partial charge on any atom is 0.297 e. The zero-order valence-electron chi connectivity index (χ0n) is 18.1. The second-order valence-corrected chi connectivity index (χ2v) is 9.54. The maximum atomic E-state index is 12.6. The van der Waals surface area contributed by atoms with E-state index in [1.807, 2.05) is 25.1 Å². The van der Waals surface area contributed by atoms with Crippen molar-refractivity contribution in [2.75, 3.05) is 13.7 Å². The van der Waals surface area contributed by atoms with Crippen molar-refractivity contribution in [3.63, 3.8) is 0 Å². The van der Waals surface area contributed by atoms with Crippen LogP contribution in [-0.2, 0) is 20.7 Å². The molecule has 0 saturated carbocycles. The Morgan fingerprint density at radius 2 is 1.68 bits per heavy atom. The second kappa shape index (κ2) is 8.36. The highest BCUT2D eigenvalue weighted by Gasteiger charge is 2.30. The molecule has 162 valence electrons. The van der Waals surface area contributed by atoms with Crippen molar-refractivity contribution >= 4 is 10.1 Å². The minimum Gasteiger partial charge on any atom is -0.497 e. The first-order valence-electron chi connectivity index (χ1n) is 10.2. The van der Waals surface area contributed by atoms with E-state index in [-0.39, 0.29) is 11.5 Å². The first-order chi connectivity index (χ1) is 14.8.